The van der Waals surface area contributed by atoms with E-state index in [1.165, 1.54) is 77.7 Å². The topological polar surface area (TPSA) is 18.5 Å². The van der Waals surface area contributed by atoms with Crippen molar-refractivity contribution in [2.75, 3.05) is 32.7 Å². The minimum absolute atomic E-state index is 0.792. The van der Waals surface area contributed by atoms with Crippen molar-refractivity contribution in [3.63, 3.8) is 0 Å². The molecule has 0 saturated carbocycles. The molecule has 1 N–H and O–H groups in total. The zero-order valence-electron chi connectivity index (χ0n) is 12.6. The molecule has 0 unspecified atom stereocenters. The number of piperidine rings is 2. The molecule has 3 saturated heterocycles. The second-order valence-corrected chi connectivity index (χ2v) is 6.78. The van der Waals surface area contributed by atoms with Crippen molar-refractivity contribution < 1.29 is 0 Å². The van der Waals surface area contributed by atoms with Gasteiger partial charge in [-0.15, -0.1) is 0 Å². The molecule has 0 aromatic rings. The maximum absolute atomic E-state index is 4.01. The summed E-state index contributed by atoms with van der Waals surface area (Å²) in [5, 5.41) is 4.01. The van der Waals surface area contributed by atoms with Crippen molar-refractivity contribution in [3.05, 3.63) is 0 Å². The molecule has 2 atom stereocenters. The molecule has 3 aliphatic rings. The van der Waals surface area contributed by atoms with E-state index >= 15 is 0 Å². The van der Waals surface area contributed by atoms with E-state index in [9.17, 15) is 0 Å². The molecule has 3 aliphatic heterocycles. The highest BCUT2D eigenvalue weighted by molar-refractivity contribution is 4.95. The van der Waals surface area contributed by atoms with Crippen LogP contribution in [0.3, 0.4) is 0 Å². The van der Waals surface area contributed by atoms with Crippen molar-refractivity contribution in [1.82, 2.24) is 15.1 Å². The summed E-state index contributed by atoms with van der Waals surface area (Å²) < 4.78 is 0. The molecule has 3 nitrogen and oxygen atoms in total. The zero-order chi connectivity index (χ0) is 13.1. The van der Waals surface area contributed by atoms with Gasteiger partial charge in [-0.25, -0.2) is 0 Å². The van der Waals surface area contributed by atoms with Gasteiger partial charge in [0.1, 0.15) is 0 Å². The number of rotatable bonds is 4. The highest BCUT2D eigenvalue weighted by Crippen LogP contribution is 2.28. The maximum Gasteiger partial charge on any atom is 0.0249 e. The van der Waals surface area contributed by atoms with E-state index in [0.717, 1.165) is 18.1 Å². The molecule has 0 spiro atoms. The first-order chi connectivity index (χ1) is 9.36. The van der Waals surface area contributed by atoms with E-state index in [2.05, 4.69) is 22.0 Å². The van der Waals surface area contributed by atoms with Crippen molar-refractivity contribution in [2.24, 2.45) is 0 Å². The fourth-order valence-corrected chi connectivity index (χ4v) is 4.38. The summed E-state index contributed by atoms with van der Waals surface area (Å²) in [6.45, 7) is 8.92. The van der Waals surface area contributed by atoms with Crippen LogP contribution in [0.25, 0.3) is 0 Å². The Hall–Kier alpha value is -0.120. The number of nitrogens with one attached hydrogen (secondary N) is 1. The predicted molar refractivity (Wildman–Crippen MR) is 80.5 cm³/mol. The molecule has 3 rings (SSSR count). The van der Waals surface area contributed by atoms with Crippen LogP contribution < -0.4 is 5.32 Å². The second kappa shape index (κ2) is 6.55. The molecule has 0 radical (unpaired) electrons. The van der Waals surface area contributed by atoms with Crippen molar-refractivity contribution in [3.8, 4) is 0 Å². The highest BCUT2D eigenvalue weighted by Gasteiger charge is 2.36. The Bertz CT molecular complexity index is 273. The smallest absolute Gasteiger partial charge is 0.0249 e. The molecule has 110 valence electrons. The first-order valence-corrected chi connectivity index (χ1v) is 8.59. The summed E-state index contributed by atoms with van der Waals surface area (Å²) in [5.41, 5.74) is 0. The van der Waals surface area contributed by atoms with Gasteiger partial charge in [0.2, 0.25) is 0 Å². The van der Waals surface area contributed by atoms with Crippen molar-refractivity contribution >= 4 is 0 Å². The van der Waals surface area contributed by atoms with Gasteiger partial charge in [0.15, 0.2) is 0 Å². The summed E-state index contributed by atoms with van der Waals surface area (Å²) >= 11 is 0. The van der Waals surface area contributed by atoms with Gasteiger partial charge in [0.25, 0.3) is 0 Å². The van der Waals surface area contributed by atoms with Crippen LogP contribution in [0.2, 0.25) is 0 Å². The lowest BCUT2D eigenvalue weighted by atomic mass is 9.96. The Morgan fingerprint density at radius 2 is 1.79 bits per heavy atom. The minimum atomic E-state index is 0.792. The summed E-state index contributed by atoms with van der Waals surface area (Å²) in [5.74, 6) is 0. The summed E-state index contributed by atoms with van der Waals surface area (Å²) in [7, 11) is 0. The summed E-state index contributed by atoms with van der Waals surface area (Å²) in [6.07, 6.45) is 9.74. The quantitative estimate of drug-likeness (QED) is 0.839. The van der Waals surface area contributed by atoms with Crippen LogP contribution in [0.15, 0.2) is 0 Å². The number of nitrogens with zero attached hydrogens (tertiary/aromatic N) is 2. The van der Waals surface area contributed by atoms with Crippen LogP contribution in [0, 0.1) is 0 Å². The van der Waals surface area contributed by atoms with E-state index in [1.54, 1.807) is 0 Å². The average molecular weight is 265 g/mol. The van der Waals surface area contributed by atoms with Gasteiger partial charge in [-0.05, 0) is 64.7 Å². The van der Waals surface area contributed by atoms with Gasteiger partial charge in [-0.3, -0.25) is 4.90 Å². The highest BCUT2D eigenvalue weighted by atomic mass is 15.2. The third-order valence-electron chi connectivity index (χ3n) is 5.43. The lowest BCUT2D eigenvalue weighted by molar-refractivity contribution is 0.157. The van der Waals surface area contributed by atoms with Gasteiger partial charge in [-0.2, -0.15) is 0 Å². The van der Waals surface area contributed by atoms with E-state index in [4.69, 9.17) is 0 Å². The van der Waals surface area contributed by atoms with Crippen molar-refractivity contribution in [2.45, 2.75) is 70.0 Å². The van der Waals surface area contributed by atoms with Gasteiger partial charge < -0.3 is 10.2 Å². The normalized spacial score (nSPS) is 34.6. The predicted octanol–water partition coefficient (Wildman–Crippen LogP) is 2.08. The van der Waals surface area contributed by atoms with Crippen LogP contribution >= 0.6 is 0 Å². The Morgan fingerprint density at radius 3 is 2.58 bits per heavy atom. The number of likely N-dealkylation sites (tertiary alicyclic amines) is 1. The second-order valence-electron chi connectivity index (χ2n) is 6.78. The Kier molecular flexibility index (Phi) is 4.78. The van der Waals surface area contributed by atoms with E-state index < -0.39 is 0 Å². The lowest BCUT2D eigenvalue weighted by Gasteiger charge is -2.37. The molecule has 0 aromatic carbocycles. The van der Waals surface area contributed by atoms with Gasteiger partial charge in [0.05, 0.1) is 0 Å². The molecule has 0 aromatic heterocycles. The monoisotopic (exact) mass is 265 g/mol. The van der Waals surface area contributed by atoms with E-state index in [0.29, 0.717) is 0 Å². The van der Waals surface area contributed by atoms with Crippen LogP contribution in [-0.4, -0.2) is 60.6 Å². The largest absolute Gasteiger partial charge is 0.310 e. The van der Waals surface area contributed by atoms with Crippen LogP contribution in [-0.2, 0) is 0 Å². The standard InChI is InChI=1S/C16H31N3/c1-2-9-18-11-6-14(7-12-18)17-15-8-13-19-10-4-3-5-16(15)19/h14-17H,2-13H2,1H3/t15-,16-/m1/s1. The molecule has 0 bridgehead atoms. The van der Waals surface area contributed by atoms with Gasteiger partial charge in [-0.1, -0.05) is 13.3 Å². The SMILES string of the molecule is CCCN1CCC(N[C@@H]2CCN3CCCC[C@H]23)CC1. The molecular weight excluding hydrogens is 234 g/mol. The summed E-state index contributed by atoms with van der Waals surface area (Å²) in [6, 6.07) is 2.45. The van der Waals surface area contributed by atoms with Crippen LogP contribution in [0.4, 0.5) is 0 Å². The Morgan fingerprint density at radius 1 is 0.947 bits per heavy atom. The average Bonchev–Trinajstić information content (AvgIpc) is 2.85. The number of fused-ring (bicyclic) bond motifs is 1. The molecule has 3 fully saturated rings. The first kappa shape index (κ1) is 13.8. The van der Waals surface area contributed by atoms with Crippen LogP contribution in [0.5, 0.6) is 0 Å². The molecule has 3 heterocycles. The fraction of sp³-hybridized carbons (Fsp3) is 1.00. The molecule has 3 heteroatoms. The first-order valence-electron chi connectivity index (χ1n) is 8.59. The third-order valence-corrected chi connectivity index (χ3v) is 5.43. The number of hydrogen-bond acceptors (Lipinski definition) is 3. The van der Waals surface area contributed by atoms with E-state index in [-0.39, 0.29) is 0 Å². The van der Waals surface area contributed by atoms with Crippen LogP contribution in [0.1, 0.15) is 51.9 Å². The Balaban J connectivity index is 1.45. The van der Waals surface area contributed by atoms with Gasteiger partial charge >= 0.3 is 0 Å². The third kappa shape index (κ3) is 3.32. The van der Waals surface area contributed by atoms with Gasteiger partial charge in [0, 0.05) is 24.7 Å². The maximum atomic E-state index is 4.01. The molecule has 0 amide bonds. The number of hydrogen-bond donors (Lipinski definition) is 1. The van der Waals surface area contributed by atoms with Crippen molar-refractivity contribution in [1.29, 1.82) is 0 Å². The molecule has 19 heavy (non-hydrogen) atoms. The fourth-order valence-electron chi connectivity index (χ4n) is 4.38. The van der Waals surface area contributed by atoms with E-state index in [1.807, 2.05) is 0 Å². The Labute approximate surface area is 118 Å². The molecular formula is C16H31N3. The zero-order valence-corrected chi connectivity index (χ0v) is 12.6. The summed E-state index contributed by atoms with van der Waals surface area (Å²) in [4.78, 5) is 5.38. The minimum Gasteiger partial charge on any atom is -0.310 e. The molecule has 0 aliphatic carbocycles. The lowest BCUT2D eigenvalue weighted by Crippen LogP contribution is -2.51.